The highest BCUT2D eigenvalue weighted by molar-refractivity contribution is 6.04. The third kappa shape index (κ3) is 5.45. The maximum Gasteiger partial charge on any atom is 0.255 e. The van der Waals surface area contributed by atoms with Crippen molar-refractivity contribution < 1.29 is 9.59 Å². The van der Waals surface area contributed by atoms with Crippen molar-refractivity contribution in [3.63, 3.8) is 0 Å². The first kappa shape index (κ1) is 20.1. The fourth-order valence-electron chi connectivity index (χ4n) is 2.95. The van der Waals surface area contributed by atoms with Gasteiger partial charge in [0.15, 0.2) is 0 Å². The van der Waals surface area contributed by atoms with E-state index >= 15 is 0 Å². The molecule has 0 heterocycles. The van der Waals surface area contributed by atoms with Crippen LogP contribution in [0, 0.1) is 20.8 Å². The lowest BCUT2D eigenvalue weighted by Gasteiger charge is -2.12. The first-order chi connectivity index (χ1) is 13.9. The van der Waals surface area contributed by atoms with E-state index in [9.17, 15) is 9.59 Å². The minimum atomic E-state index is -0.164. The van der Waals surface area contributed by atoms with Crippen LogP contribution in [0.15, 0.2) is 66.7 Å². The molecule has 3 rings (SSSR count). The van der Waals surface area contributed by atoms with Crippen LogP contribution >= 0.6 is 0 Å². The molecule has 5 heteroatoms. The molecule has 0 fully saturated rings. The van der Waals surface area contributed by atoms with E-state index in [0.717, 1.165) is 16.8 Å². The fourth-order valence-corrected chi connectivity index (χ4v) is 2.95. The maximum absolute atomic E-state index is 12.3. The number of nitrogens with one attached hydrogen (secondary N) is 3. The molecule has 0 spiro atoms. The molecular formula is C24H25N3O2. The van der Waals surface area contributed by atoms with E-state index in [1.54, 1.807) is 30.3 Å². The molecule has 2 amide bonds. The summed E-state index contributed by atoms with van der Waals surface area (Å²) in [7, 11) is 0. The van der Waals surface area contributed by atoms with Gasteiger partial charge in [0.1, 0.15) is 0 Å². The lowest BCUT2D eigenvalue weighted by molar-refractivity contribution is -0.114. The monoisotopic (exact) mass is 387 g/mol. The van der Waals surface area contributed by atoms with Gasteiger partial charge >= 0.3 is 0 Å². The number of amides is 2. The summed E-state index contributed by atoms with van der Waals surface area (Å²) in [5.41, 5.74) is 6.25. The minimum Gasteiger partial charge on any atom is -0.376 e. The molecule has 0 aromatic heterocycles. The summed E-state index contributed by atoms with van der Waals surface area (Å²) in [6, 6.07) is 20.4. The Morgan fingerprint density at radius 2 is 1.45 bits per heavy atom. The van der Waals surface area contributed by atoms with Crippen molar-refractivity contribution in [2.45, 2.75) is 20.8 Å². The van der Waals surface area contributed by atoms with Gasteiger partial charge in [-0.15, -0.1) is 0 Å². The lowest BCUT2D eigenvalue weighted by Crippen LogP contribution is -2.22. The molecule has 0 aliphatic heterocycles. The molecular weight excluding hydrogens is 362 g/mol. The Morgan fingerprint density at radius 1 is 0.793 bits per heavy atom. The van der Waals surface area contributed by atoms with Crippen molar-refractivity contribution >= 4 is 28.9 Å². The second kappa shape index (κ2) is 9.06. The van der Waals surface area contributed by atoms with Crippen LogP contribution < -0.4 is 16.0 Å². The summed E-state index contributed by atoms with van der Waals surface area (Å²) in [5.74, 6) is -0.300. The Labute approximate surface area is 171 Å². The van der Waals surface area contributed by atoms with Crippen molar-refractivity contribution in [3.8, 4) is 0 Å². The molecule has 5 nitrogen and oxygen atoms in total. The number of rotatable bonds is 6. The zero-order valence-electron chi connectivity index (χ0n) is 16.9. The van der Waals surface area contributed by atoms with Crippen LogP contribution in [0.4, 0.5) is 17.1 Å². The lowest BCUT2D eigenvalue weighted by atomic mass is 10.1. The van der Waals surface area contributed by atoms with Crippen LogP contribution in [-0.2, 0) is 4.79 Å². The molecule has 0 radical (unpaired) electrons. The number of aryl methyl sites for hydroxylation is 2. The summed E-state index contributed by atoms with van der Waals surface area (Å²) in [6.07, 6.45) is 0. The van der Waals surface area contributed by atoms with Gasteiger partial charge in [-0.1, -0.05) is 29.8 Å². The molecule has 0 atom stereocenters. The maximum atomic E-state index is 12.3. The number of carbonyl (C=O) groups excluding carboxylic acids is 2. The van der Waals surface area contributed by atoms with E-state index in [4.69, 9.17) is 0 Å². The number of benzene rings is 3. The van der Waals surface area contributed by atoms with Crippen molar-refractivity contribution in [2.24, 2.45) is 0 Å². The topological polar surface area (TPSA) is 70.2 Å². The normalized spacial score (nSPS) is 10.3. The van der Waals surface area contributed by atoms with E-state index in [1.807, 2.05) is 57.2 Å². The van der Waals surface area contributed by atoms with Crippen LogP contribution in [0.5, 0.6) is 0 Å². The second-order valence-corrected chi connectivity index (χ2v) is 7.05. The number of hydrogen-bond donors (Lipinski definition) is 3. The van der Waals surface area contributed by atoms with Crippen molar-refractivity contribution in [1.29, 1.82) is 0 Å². The average molecular weight is 387 g/mol. The molecule has 0 bridgehead atoms. The van der Waals surface area contributed by atoms with Crippen LogP contribution in [0.3, 0.4) is 0 Å². The predicted octanol–water partition coefficient (Wildman–Crippen LogP) is 4.91. The van der Waals surface area contributed by atoms with Crippen molar-refractivity contribution in [1.82, 2.24) is 0 Å². The van der Waals surface area contributed by atoms with E-state index in [0.29, 0.717) is 16.9 Å². The van der Waals surface area contributed by atoms with E-state index in [-0.39, 0.29) is 18.4 Å². The Morgan fingerprint density at radius 3 is 2.14 bits per heavy atom. The minimum absolute atomic E-state index is 0.137. The zero-order valence-corrected chi connectivity index (χ0v) is 16.9. The Balaban J connectivity index is 1.54. The highest BCUT2D eigenvalue weighted by Gasteiger charge is 2.08. The number of hydrogen-bond acceptors (Lipinski definition) is 3. The molecule has 29 heavy (non-hydrogen) atoms. The average Bonchev–Trinajstić information content (AvgIpc) is 2.70. The number of carbonyl (C=O) groups is 2. The van der Waals surface area contributed by atoms with E-state index < -0.39 is 0 Å². The van der Waals surface area contributed by atoms with Gasteiger partial charge in [0.2, 0.25) is 5.91 Å². The second-order valence-electron chi connectivity index (χ2n) is 7.05. The van der Waals surface area contributed by atoms with E-state index in [1.165, 1.54) is 5.56 Å². The third-order valence-corrected chi connectivity index (χ3v) is 4.75. The summed E-state index contributed by atoms with van der Waals surface area (Å²) in [4.78, 5) is 24.5. The summed E-state index contributed by atoms with van der Waals surface area (Å²) < 4.78 is 0. The van der Waals surface area contributed by atoms with Gasteiger partial charge in [-0.05, 0) is 74.4 Å². The summed E-state index contributed by atoms with van der Waals surface area (Å²) in [5, 5.41) is 8.88. The summed E-state index contributed by atoms with van der Waals surface area (Å²) in [6.45, 7) is 6.19. The summed E-state index contributed by atoms with van der Waals surface area (Å²) >= 11 is 0. The molecule has 148 valence electrons. The molecule has 3 N–H and O–H groups in total. The van der Waals surface area contributed by atoms with Gasteiger partial charge in [-0.3, -0.25) is 9.59 Å². The smallest absolute Gasteiger partial charge is 0.255 e. The Hall–Kier alpha value is -3.60. The molecule has 0 saturated carbocycles. The van der Waals surface area contributed by atoms with Crippen LogP contribution in [-0.4, -0.2) is 18.4 Å². The molecule has 0 unspecified atom stereocenters. The quantitative estimate of drug-likeness (QED) is 0.562. The van der Waals surface area contributed by atoms with Crippen molar-refractivity contribution in [2.75, 3.05) is 22.5 Å². The molecule has 0 aliphatic rings. The van der Waals surface area contributed by atoms with Gasteiger partial charge in [0.25, 0.3) is 5.91 Å². The molecule has 0 saturated heterocycles. The fraction of sp³-hybridized carbons (Fsp3) is 0.167. The standard InChI is InChI=1S/C24H25N3O2/c1-16-6-4-8-19(14-16)24(29)27-21-12-10-20(11-13-21)26-23(28)15-25-22-9-5-7-17(2)18(22)3/h4-14,25H,15H2,1-3H3,(H,26,28)(H,27,29). The van der Waals surface area contributed by atoms with Gasteiger partial charge in [0.05, 0.1) is 6.54 Å². The van der Waals surface area contributed by atoms with Crippen LogP contribution in [0.2, 0.25) is 0 Å². The largest absolute Gasteiger partial charge is 0.376 e. The predicted molar refractivity (Wildman–Crippen MR) is 119 cm³/mol. The first-order valence-electron chi connectivity index (χ1n) is 9.50. The van der Waals surface area contributed by atoms with Gasteiger partial charge in [-0.25, -0.2) is 0 Å². The van der Waals surface area contributed by atoms with Gasteiger partial charge < -0.3 is 16.0 Å². The van der Waals surface area contributed by atoms with Crippen LogP contribution in [0.25, 0.3) is 0 Å². The molecule has 3 aromatic carbocycles. The van der Waals surface area contributed by atoms with Gasteiger partial charge in [0, 0.05) is 22.6 Å². The van der Waals surface area contributed by atoms with Gasteiger partial charge in [-0.2, -0.15) is 0 Å². The zero-order chi connectivity index (χ0) is 20.8. The Bertz CT molecular complexity index is 1030. The number of anilines is 3. The molecule has 3 aromatic rings. The highest BCUT2D eigenvalue weighted by atomic mass is 16.2. The third-order valence-electron chi connectivity index (χ3n) is 4.75. The Kier molecular flexibility index (Phi) is 6.29. The molecule has 0 aliphatic carbocycles. The van der Waals surface area contributed by atoms with Crippen LogP contribution in [0.1, 0.15) is 27.0 Å². The van der Waals surface area contributed by atoms with Crippen molar-refractivity contribution in [3.05, 3.63) is 89.0 Å². The van der Waals surface area contributed by atoms with E-state index in [2.05, 4.69) is 16.0 Å². The first-order valence-corrected chi connectivity index (χ1v) is 9.50. The highest BCUT2D eigenvalue weighted by Crippen LogP contribution is 2.18. The SMILES string of the molecule is Cc1cccc(C(=O)Nc2ccc(NC(=O)CNc3cccc(C)c3C)cc2)c1.